The van der Waals surface area contributed by atoms with Crippen molar-refractivity contribution in [3.63, 3.8) is 0 Å². The fourth-order valence-corrected chi connectivity index (χ4v) is 15.6. The third-order valence-corrected chi connectivity index (χ3v) is 22.8. The van der Waals surface area contributed by atoms with Gasteiger partial charge in [0.1, 0.15) is 24.4 Å². The molecule has 0 aromatic rings. The lowest BCUT2D eigenvalue weighted by atomic mass is 10.0. The summed E-state index contributed by atoms with van der Waals surface area (Å²) in [6, 6.07) is -0.642. The Labute approximate surface area is 661 Å². The van der Waals surface area contributed by atoms with Crippen molar-refractivity contribution in [1.29, 1.82) is 0 Å². The van der Waals surface area contributed by atoms with Gasteiger partial charge in [0.15, 0.2) is 0 Å². The quantitative estimate of drug-likeness (QED) is 0.0189. The first-order valence-electron chi connectivity index (χ1n) is 44.8. The van der Waals surface area contributed by atoms with E-state index in [0.717, 1.165) is 128 Å². The summed E-state index contributed by atoms with van der Waals surface area (Å²) in [6.45, 7) is 19.1. The first kappa shape index (κ1) is 105. The fourth-order valence-electron chi connectivity index (χ4n) is 13.3. The number of phosphoric acid groups is 2. The van der Waals surface area contributed by atoms with Crippen molar-refractivity contribution in [3.05, 3.63) is 25.3 Å². The molecule has 0 aliphatic rings. The van der Waals surface area contributed by atoms with Crippen molar-refractivity contribution in [1.82, 2.24) is 10.6 Å². The first-order chi connectivity index (χ1) is 52.7. The highest BCUT2D eigenvalue weighted by Crippen LogP contribution is 2.50. The van der Waals surface area contributed by atoms with Crippen molar-refractivity contribution < 1.29 is 79.2 Å². The van der Waals surface area contributed by atoms with E-state index in [2.05, 4.69) is 65.3 Å². The molecule has 0 aliphatic heterocycles. The van der Waals surface area contributed by atoms with Crippen LogP contribution in [0.25, 0.3) is 0 Å². The highest BCUT2D eigenvalue weighted by Gasteiger charge is 2.34. The number of ether oxygens (including phenoxy) is 4. The zero-order valence-electron chi connectivity index (χ0n) is 70.3. The Bertz CT molecular complexity index is 2050. The predicted octanol–water partition coefficient (Wildman–Crippen LogP) is 26.1. The van der Waals surface area contributed by atoms with E-state index in [1.165, 1.54) is 192 Å². The van der Waals surface area contributed by atoms with Gasteiger partial charge < -0.3 is 29.6 Å². The van der Waals surface area contributed by atoms with Crippen LogP contribution in [0.2, 0.25) is 0 Å². The number of amides is 2. The van der Waals surface area contributed by atoms with Gasteiger partial charge in [0.2, 0.25) is 0 Å². The third-order valence-electron chi connectivity index (χ3n) is 19.9. The Morgan fingerprint density at radius 3 is 0.685 bits per heavy atom. The van der Waals surface area contributed by atoms with E-state index in [-0.39, 0.29) is 115 Å². The van der Waals surface area contributed by atoms with Crippen LogP contribution in [-0.2, 0) is 74.4 Å². The van der Waals surface area contributed by atoms with Crippen LogP contribution in [0.15, 0.2) is 25.3 Å². The Morgan fingerprint density at radius 2 is 0.463 bits per heavy atom. The zero-order valence-corrected chi connectivity index (χ0v) is 72.1. The molecule has 0 spiro atoms. The molecule has 0 radical (unpaired) electrons. The molecule has 19 nitrogen and oxygen atoms in total. The van der Waals surface area contributed by atoms with E-state index in [0.29, 0.717) is 38.5 Å². The molecule has 0 heterocycles. The van der Waals surface area contributed by atoms with Crippen molar-refractivity contribution in [2.45, 2.75) is 451 Å². The van der Waals surface area contributed by atoms with Gasteiger partial charge in [-0.15, -0.1) is 13.2 Å². The van der Waals surface area contributed by atoms with Crippen LogP contribution in [0.5, 0.6) is 0 Å². The molecule has 6 atom stereocenters. The number of nitrogens with one attached hydrogen (secondary N) is 2. The van der Waals surface area contributed by atoms with Gasteiger partial charge in [-0.1, -0.05) is 349 Å². The van der Waals surface area contributed by atoms with Crippen molar-refractivity contribution >= 4 is 45.6 Å². The molecule has 6 unspecified atom stereocenters. The Kier molecular flexibility index (Phi) is 76.8. The summed E-state index contributed by atoms with van der Waals surface area (Å²) < 4.78 is 87.8. The summed E-state index contributed by atoms with van der Waals surface area (Å²) in [6.07, 6.45) is 59.0. The molecule has 0 rings (SSSR count). The average molecular weight is 1570 g/mol. The van der Waals surface area contributed by atoms with Crippen LogP contribution in [0.3, 0.4) is 0 Å². The average Bonchev–Trinajstić information content (AvgIpc) is 0.880. The molecule has 0 aromatic carbocycles. The second-order valence-corrected chi connectivity index (χ2v) is 33.4. The Morgan fingerprint density at radius 1 is 0.269 bits per heavy atom. The Balaban J connectivity index is 6.22. The summed E-state index contributed by atoms with van der Waals surface area (Å²) in [5.41, 5.74) is 0. The smallest absolute Gasteiger partial charge is 0.458 e. The maximum atomic E-state index is 14.2. The number of urea groups is 1. The summed E-state index contributed by atoms with van der Waals surface area (Å²) in [5, 5.41) is 5.30. The number of phosphoric ester groups is 2. The second-order valence-electron chi connectivity index (χ2n) is 30.1. The maximum absolute atomic E-state index is 14.2. The van der Waals surface area contributed by atoms with Crippen LogP contribution in [0.4, 0.5) is 4.79 Å². The van der Waals surface area contributed by atoms with Gasteiger partial charge in [-0.2, -0.15) is 0 Å². The number of rotatable bonds is 86. The molecule has 0 aromatic heterocycles. The summed E-state index contributed by atoms with van der Waals surface area (Å²) in [7, 11) is -8.61. The monoisotopic (exact) mass is 1570 g/mol. The molecular formula is C87H166N2O17P2. The largest absolute Gasteiger partial charge is 0.475 e. The van der Waals surface area contributed by atoms with Gasteiger partial charge >= 0.3 is 45.6 Å². The van der Waals surface area contributed by atoms with E-state index < -0.39 is 46.1 Å². The van der Waals surface area contributed by atoms with Crippen molar-refractivity contribution in [3.8, 4) is 0 Å². The predicted molar refractivity (Wildman–Crippen MR) is 443 cm³/mol. The van der Waals surface area contributed by atoms with Gasteiger partial charge in [-0.25, -0.2) is 13.9 Å². The number of carbonyl (C=O) groups is 5. The van der Waals surface area contributed by atoms with Crippen LogP contribution in [-0.4, -0.2) is 107 Å². The Hall–Kier alpha value is -3.15. The molecule has 2 N–H and O–H groups in total. The SMILES string of the molecule is C=CCOP(=O)(OCCNC(=O)NCCOP(=O)(OCC=C)OCCC(OC(=O)CCCCCCCCCCCC)C(CCCCCCCCCC)OC(=O)CCCCCCCCCC)OCCC(OC(=O)CCCCCCCCCCCC)C(CCCCCCCCCC)OC(=O)CCCCCCCCCC. The van der Waals surface area contributed by atoms with E-state index in [9.17, 15) is 33.1 Å². The molecule has 0 saturated heterocycles. The number of hydrogen-bond donors (Lipinski definition) is 2. The van der Waals surface area contributed by atoms with Gasteiger partial charge in [0, 0.05) is 51.6 Å². The lowest BCUT2D eigenvalue weighted by Crippen LogP contribution is -2.38. The van der Waals surface area contributed by atoms with Crippen LogP contribution >= 0.6 is 15.6 Å². The minimum atomic E-state index is -4.31. The minimum Gasteiger partial charge on any atom is -0.458 e. The minimum absolute atomic E-state index is 0.0482. The van der Waals surface area contributed by atoms with Crippen molar-refractivity contribution in [2.75, 3.05) is 52.7 Å². The molecule has 0 bridgehead atoms. The van der Waals surface area contributed by atoms with E-state index in [4.69, 9.17) is 46.1 Å². The van der Waals surface area contributed by atoms with Crippen molar-refractivity contribution in [2.24, 2.45) is 0 Å². The molecule has 0 fully saturated rings. The van der Waals surface area contributed by atoms with E-state index >= 15 is 0 Å². The zero-order chi connectivity index (χ0) is 79.2. The fraction of sp³-hybridized carbons (Fsp3) is 0.897. The maximum Gasteiger partial charge on any atom is 0.475 e. The number of esters is 4. The lowest BCUT2D eigenvalue weighted by molar-refractivity contribution is -0.170. The first-order valence-corrected chi connectivity index (χ1v) is 47.7. The summed E-state index contributed by atoms with van der Waals surface area (Å²) in [4.78, 5) is 67.8. The van der Waals surface area contributed by atoms with E-state index in [1.54, 1.807) is 0 Å². The standard InChI is InChI=1S/C87H166N2O17P2/c1-9-17-23-29-35-41-43-49-55-61-67-85(92)105-81(79(63-57-51-45-37-31-25-19-11-3)103-83(90)65-59-53-47-39-33-27-21-13-5)69-75-99-107(95,97-73-15-7)101-77-71-88-87(94)89-72-78-102-108(96,98-74-16-8)100-76-70-82(106-86(93)68-62-56-50-44-42-36-30-24-18-10-2)80(64-58-52-46-38-32-26-20-12-4)104-84(91)66-60-54-48-40-34-28-22-14-6/h15-16,79-82H,7-14,17-78H2,1-6H3,(H2,88,89,94). The normalized spacial score (nSPS) is 13.8. The molecule has 2 amide bonds. The molecule has 636 valence electrons. The topological polar surface area (TPSA) is 236 Å². The van der Waals surface area contributed by atoms with Gasteiger partial charge in [0.25, 0.3) is 0 Å². The van der Waals surface area contributed by atoms with Gasteiger partial charge in [0.05, 0.1) is 39.6 Å². The van der Waals surface area contributed by atoms with Gasteiger partial charge in [-0.05, 0) is 51.4 Å². The lowest BCUT2D eigenvalue weighted by Gasteiger charge is -2.28. The number of carbonyl (C=O) groups excluding carboxylic acids is 5. The molecule has 108 heavy (non-hydrogen) atoms. The van der Waals surface area contributed by atoms with Crippen LogP contribution in [0, 0.1) is 0 Å². The highest BCUT2D eigenvalue weighted by molar-refractivity contribution is 7.48. The summed E-state index contributed by atoms with van der Waals surface area (Å²) >= 11 is 0. The van der Waals surface area contributed by atoms with Crippen LogP contribution < -0.4 is 10.6 Å². The number of hydrogen-bond acceptors (Lipinski definition) is 17. The molecule has 0 aliphatic carbocycles. The summed E-state index contributed by atoms with van der Waals surface area (Å²) in [5.74, 6) is -1.42. The van der Waals surface area contributed by atoms with E-state index in [1.807, 2.05) is 0 Å². The molecule has 21 heteroatoms. The van der Waals surface area contributed by atoms with Crippen LogP contribution in [0.1, 0.15) is 427 Å². The molecule has 0 saturated carbocycles. The molecular weight excluding hydrogens is 1410 g/mol. The third kappa shape index (κ3) is 68.4. The number of unbranched alkanes of at least 4 members (excludes halogenated alkanes) is 46. The second kappa shape index (κ2) is 79.1. The van der Waals surface area contributed by atoms with Gasteiger partial charge in [-0.3, -0.25) is 46.3 Å². The highest BCUT2D eigenvalue weighted by atomic mass is 31.2.